The number of aromatic nitrogens is 3. The summed E-state index contributed by atoms with van der Waals surface area (Å²) in [7, 11) is 0. The van der Waals surface area contributed by atoms with Gasteiger partial charge in [0.2, 0.25) is 5.56 Å². The molecule has 0 aromatic carbocycles. The van der Waals surface area contributed by atoms with E-state index in [4.69, 9.17) is 5.11 Å². The molecule has 0 atom stereocenters. The Labute approximate surface area is 140 Å². The molecule has 8 heteroatoms. The molecule has 0 aliphatic carbocycles. The van der Waals surface area contributed by atoms with Crippen LogP contribution in [0.25, 0.3) is 17.2 Å². The first kappa shape index (κ1) is 14.5. The van der Waals surface area contributed by atoms with Crippen LogP contribution in [0, 0.1) is 0 Å². The molecule has 3 aromatic heterocycles. The average molecular weight is 340 g/mol. The lowest BCUT2D eigenvalue weighted by Gasteiger charge is -2.24. The van der Waals surface area contributed by atoms with Gasteiger partial charge in [-0.15, -0.1) is 11.3 Å². The molecule has 0 saturated heterocycles. The maximum absolute atomic E-state index is 11.4. The number of pyridine rings is 1. The predicted octanol–water partition coefficient (Wildman–Crippen LogP) is 2.45. The monoisotopic (exact) mass is 340 g/mol. The van der Waals surface area contributed by atoms with Gasteiger partial charge in [-0.25, -0.2) is 9.48 Å². The van der Waals surface area contributed by atoms with Gasteiger partial charge in [-0.3, -0.25) is 4.79 Å². The number of rotatable bonds is 3. The Balaban J connectivity index is 1.67. The molecule has 2 N–H and O–H groups in total. The number of aromatic carboxylic acids is 1. The first-order valence-electron chi connectivity index (χ1n) is 7.13. The Morgan fingerprint density at radius 2 is 2.25 bits per heavy atom. The minimum absolute atomic E-state index is 0.160. The van der Waals surface area contributed by atoms with Crippen LogP contribution in [0.2, 0.25) is 0 Å². The van der Waals surface area contributed by atoms with Gasteiger partial charge in [-0.1, -0.05) is 0 Å². The van der Waals surface area contributed by atoms with Crippen LogP contribution in [0.1, 0.15) is 15.4 Å². The molecule has 24 heavy (non-hydrogen) atoms. The van der Waals surface area contributed by atoms with E-state index in [0.717, 1.165) is 22.5 Å². The van der Waals surface area contributed by atoms with Gasteiger partial charge in [0.15, 0.2) is 0 Å². The molecule has 1 aliphatic heterocycles. The molecule has 0 spiro atoms. The number of fused-ring (bicyclic) bond motifs is 1. The number of anilines is 1. The van der Waals surface area contributed by atoms with Crippen molar-refractivity contribution in [2.45, 2.75) is 6.67 Å². The Bertz CT molecular complexity index is 1010. The fraction of sp³-hybridized carbons (Fsp3) is 0.0625. The second-order valence-electron chi connectivity index (χ2n) is 5.29. The molecule has 0 amide bonds. The van der Waals surface area contributed by atoms with E-state index in [1.165, 1.54) is 17.4 Å². The zero-order chi connectivity index (χ0) is 16.7. The molecule has 1 aliphatic rings. The van der Waals surface area contributed by atoms with Crippen LogP contribution in [0.5, 0.6) is 0 Å². The van der Waals surface area contributed by atoms with Crippen LogP contribution < -0.4 is 10.5 Å². The van der Waals surface area contributed by atoms with E-state index in [-0.39, 0.29) is 5.56 Å². The lowest BCUT2D eigenvalue weighted by atomic mass is 10.1. The standard InChI is InChI=1S/C16H12N4O3S/c21-15-6-11(1-3-17-15)19-4-2-13-12(7-18-20(13)9-19)10-5-14(16(22)23)24-8-10/h1-8H,9H2,(H,17,21)(H,22,23). The fourth-order valence-electron chi connectivity index (χ4n) is 2.63. The zero-order valence-corrected chi connectivity index (χ0v) is 13.2. The number of H-pyrrole nitrogens is 1. The molecule has 0 saturated carbocycles. The topological polar surface area (TPSA) is 91.2 Å². The number of carbonyl (C=O) groups is 1. The SMILES string of the molecule is O=C(O)c1cc(-c2cnn3c2C=CN(c2cc[nH]c(=O)c2)C3)cs1. The van der Waals surface area contributed by atoms with Crippen LogP contribution in [0.3, 0.4) is 0 Å². The lowest BCUT2D eigenvalue weighted by Crippen LogP contribution is -2.26. The smallest absolute Gasteiger partial charge is 0.345 e. The number of thiophene rings is 1. The van der Waals surface area contributed by atoms with Crippen LogP contribution in [-0.2, 0) is 6.67 Å². The molecule has 0 fully saturated rings. The molecule has 120 valence electrons. The Kier molecular flexibility index (Phi) is 3.31. The number of nitrogens with zero attached hydrogens (tertiary/aromatic N) is 3. The Hall–Kier alpha value is -3.13. The Morgan fingerprint density at radius 1 is 1.38 bits per heavy atom. The number of aromatic amines is 1. The molecule has 7 nitrogen and oxygen atoms in total. The second kappa shape index (κ2) is 5.50. The fourth-order valence-corrected chi connectivity index (χ4v) is 3.37. The number of hydrogen-bond acceptors (Lipinski definition) is 5. The van der Waals surface area contributed by atoms with Crippen molar-refractivity contribution in [2.24, 2.45) is 0 Å². The summed E-state index contributed by atoms with van der Waals surface area (Å²) in [6.07, 6.45) is 7.13. The average Bonchev–Trinajstić information content (AvgIpc) is 3.21. The molecule has 0 unspecified atom stereocenters. The summed E-state index contributed by atoms with van der Waals surface area (Å²) in [5, 5.41) is 15.3. The first-order valence-corrected chi connectivity index (χ1v) is 8.01. The summed E-state index contributed by atoms with van der Waals surface area (Å²) in [6.45, 7) is 0.477. The van der Waals surface area contributed by atoms with Gasteiger partial charge in [0.1, 0.15) is 11.5 Å². The Morgan fingerprint density at radius 3 is 3.00 bits per heavy atom. The van der Waals surface area contributed by atoms with Gasteiger partial charge in [-0.05, 0) is 29.2 Å². The van der Waals surface area contributed by atoms with Crippen molar-refractivity contribution < 1.29 is 9.90 Å². The number of nitrogens with one attached hydrogen (secondary N) is 1. The summed E-state index contributed by atoms with van der Waals surface area (Å²) in [4.78, 5) is 27.3. The van der Waals surface area contributed by atoms with Gasteiger partial charge < -0.3 is 15.0 Å². The molecule has 4 heterocycles. The predicted molar refractivity (Wildman–Crippen MR) is 91.1 cm³/mol. The normalized spacial score (nSPS) is 13.1. The maximum Gasteiger partial charge on any atom is 0.345 e. The van der Waals surface area contributed by atoms with Gasteiger partial charge in [-0.2, -0.15) is 5.10 Å². The van der Waals surface area contributed by atoms with Crippen molar-refractivity contribution >= 4 is 29.1 Å². The van der Waals surface area contributed by atoms with Crippen molar-refractivity contribution in [3.05, 3.63) is 63.1 Å². The van der Waals surface area contributed by atoms with E-state index in [2.05, 4.69) is 10.1 Å². The van der Waals surface area contributed by atoms with E-state index in [1.54, 1.807) is 18.5 Å². The highest BCUT2D eigenvalue weighted by Crippen LogP contribution is 2.31. The van der Waals surface area contributed by atoms with E-state index in [1.807, 2.05) is 33.3 Å². The molecule has 4 rings (SSSR count). The van der Waals surface area contributed by atoms with Gasteiger partial charge in [0.25, 0.3) is 0 Å². The van der Waals surface area contributed by atoms with Crippen molar-refractivity contribution in [3.63, 3.8) is 0 Å². The minimum Gasteiger partial charge on any atom is -0.477 e. The third-order valence-corrected chi connectivity index (χ3v) is 4.71. The van der Waals surface area contributed by atoms with Crippen LogP contribution in [0.15, 0.2) is 47.0 Å². The first-order chi connectivity index (χ1) is 11.6. The lowest BCUT2D eigenvalue weighted by molar-refractivity contribution is 0.0702. The van der Waals surface area contributed by atoms with E-state index in [9.17, 15) is 9.59 Å². The van der Waals surface area contributed by atoms with E-state index >= 15 is 0 Å². The highest BCUT2D eigenvalue weighted by Gasteiger charge is 2.18. The van der Waals surface area contributed by atoms with Crippen LogP contribution >= 0.6 is 11.3 Å². The maximum atomic E-state index is 11.4. The van der Waals surface area contributed by atoms with Crippen LogP contribution in [-0.4, -0.2) is 25.8 Å². The summed E-state index contributed by atoms with van der Waals surface area (Å²) in [6, 6.07) is 5.00. The largest absolute Gasteiger partial charge is 0.477 e. The highest BCUT2D eigenvalue weighted by atomic mass is 32.1. The van der Waals surface area contributed by atoms with Crippen molar-refractivity contribution in [2.75, 3.05) is 4.90 Å². The minimum atomic E-state index is -0.927. The van der Waals surface area contributed by atoms with Gasteiger partial charge in [0, 0.05) is 29.7 Å². The summed E-state index contributed by atoms with van der Waals surface area (Å²) in [5.74, 6) is -0.927. The number of hydrogen-bond donors (Lipinski definition) is 2. The highest BCUT2D eigenvalue weighted by molar-refractivity contribution is 7.12. The third kappa shape index (κ3) is 2.42. The van der Waals surface area contributed by atoms with Crippen LogP contribution in [0.4, 0.5) is 5.69 Å². The molecular formula is C16H12N4O3S. The van der Waals surface area contributed by atoms with E-state index in [0.29, 0.717) is 11.5 Å². The zero-order valence-electron chi connectivity index (χ0n) is 12.3. The summed E-state index contributed by atoms with van der Waals surface area (Å²) in [5.41, 5.74) is 3.26. The van der Waals surface area contributed by atoms with E-state index < -0.39 is 5.97 Å². The van der Waals surface area contributed by atoms with Crippen molar-refractivity contribution in [1.29, 1.82) is 0 Å². The molecular weight excluding hydrogens is 328 g/mol. The second-order valence-corrected chi connectivity index (χ2v) is 6.20. The third-order valence-electron chi connectivity index (χ3n) is 3.79. The van der Waals surface area contributed by atoms with Gasteiger partial charge >= 0.3 is 5.97 Å². The molecule has 3 aromatic rings. The summed E-state index contributed by atoms with van der Waals surface area (Å²) >= 11 is 1.20. The molecule has 0 radical (unpaired) electrons. The number of carboxylic acids is 1. The quantitative estimate of drug-likeness (QED) is 0.764. The van der Waals surface area contributed by atoms with Crippen molar-refractivity contribution in [3.8, 4) is 11.1 Å². The summed E-state index contributed by atoms with van der Waals surface area (Å²) < 4.78 is 1.81. The van der Waals surface area contributed by atoms with Gasteiger partial charge in [0.05, 0.1) is 11.9 Å². The van der Waals surface area contributed by atoms with Crippen molar-refractivity contribution in [1.82, 2.24) is 14.8 Å². The molecule has 0 bridgehead atoms. The number of carboxylic acid groups (broad SMARTS) is 1.